The Morgan fingerprint density at radius 3 is 2.69 bits per heavy atom. The number of amides is 1. The molecule has 0 spiro atoms. The van der Waals surface area contributed by atoms with Gasteiger partial charge in [0, 0.05) is 25.6 Å². The van der Waals surface area contributed by atoms with Gasteiger partial charge in [-0.25, -0.2) is 13.1 Å². The predicted octanol–water partition coefficient (Wildman–Crippen LogP) is 0.327. The molecule has 1 N–H and O–H groups in total. The molecule has 5 nitrogen and oxygen atoms in total. The molecule has 1 heterocycles. The van der Waals surface area contributed by atoms with Gasteiger partial charge in [0.2, 0.25) is 15.9 Å². The highest BCUT2D eigenvalue weighted by molar-refractivity contribution is 7.88. The topological polar surface area (TPSA) is 66.5 Å². The van der Waals surface area contributed by atoms with Gasteiger partial charge >= 0.3 is 0 Å². The Hall–Kier alpha value is -0.620. The van der Waals surface area contributed by atoms with Crippen molar-refractivity contribution in [3.63, 3.8) is 0 Å². The molecule has 1 rings (SSSR count). The lowest BCUT2D eigenvalue weighted by molar-refractivity contribution is -0.134. The van der Waals surface area contributed by atoms with Crippen molar-refractivity contribution in [1.82, 2.24) is 9.62 Å². The molecule has 6 heteroatoms. The van der Waals surface area contributed by atoms with Crippen molar-refractivity contribution in [1.29, 1.82) is 0 Å². The summed E-state index contributed by atoms with van der Waals surface area (Å²) in [5.41, 5.74) is 0. The van der Waals surface area contributed by atoms with Gasteiger partial charge in [0.05, 0.1) is 6.26 Å². The highest BCUT2D eigenvalue weighted by Crippen LogP contribution is 2.17. The summed E-state index contributed by atoms with van der Waals surface area (Å²) >= 11 is 0. The quantitative estimate of drug-likeness (QED) is 0.779. The first kappa shape index (κ1) is 13.4. The zero-order valence-corrected chi connectivity index (χ0v) is 10.7. The SMILES string of the molecule is CCC(=O)N1CCCC[C@H]1CNS(C)(=O)=O. The molecule has 1 fully saturated rings. The number of piperidine rings is 1. The van der Waals surface area contributed by atoms with Gasteiger partial charge in [-0.15, -0.1) is 0 Å². The second-order valence-electron chi connectivity index (χ2n) is 4.21. The van der Waals surface area contributed by atoms with Crippen molar-refractivity contribution in [3.05, 3.63) is 0 Å². The van der Waals surface area contributed by atoms with Gasteiger partial charge in [0.15, 0.2) is 0 Å². The van der Waals surface area contributed by atoms with E-state index < -0.39 is 10.0 Å². The third kappa shape index (κ3) is 4.09. The summed E-state index contributed by atoms with van der Waals surface area (Å²) in [5, 5.41) is 0. The molecule has 0 aromatic heterocycles. The van der Waals surface area contributed by atoms with Crippen molar-refractivity contribution in [2.75, 3.05) is 19.3 Å². The van der Waals surface area contributed by atoms with Gasteiger partial charge in [-0.05, 0) is 19.3 Å². The summed E-state index contributed by atoms with van der Waals surface area (Å²) in [6.45, 7) is 2.92. The average molecular weight is 248 g/mol. The second kappa shape index (κ2) is 5.63. The van der Waals surface area contributed by atoms with Crippen LogP contribution in [0.2, 0.25) is 0 Å². The number of nitrogens with one attached hydrogen (secondary N) is 1. The van der Waals surface area contributed by atoms with Crippen molar-refractivity contribution in [2.45, 2.75) is 38.6 Å². The Labute approximate surface area is 97.2 Å². The van der Waals surface area contributed by atoms with Crippen LogP contribution in [0.25, 0.3) is 0 Å². The summed E-state index contributed by atoms with van der Waals surface area (Å²) in [6, 6.07) is 0.0240. The number of sulfonamides is 1. The summed E-state index contributed by atoms with van der Waals surface area (Å²) in [6.07, 6.45) is 4.58. The number of likely N-dealkylation sites (tertiary alicyclic amines) is 1. The number of carbonyl (C=O) groups is 1. The number of hydrogen-bond donors (Lipinski definition) is 1. The van der Waals surface area contributed by atoms with Crippen LogP contribution in [0, 0.1) is 0 Å². The number of nitrogens with zero attached hydrogens (tertiary/aromatic N) is 1. The van der Waals surface area contributed by atoms with Crippen LogP contribution in [0.5, 0.6) is 0 Å². The molecule has 1 saturated heterocycles. The third-order valence-electron chi connectivity index (χ3n) is 2.83. The van der Waals surface area contributed by atoms with E-state index in [2.05, 4.69) is 4.72 Å². The van der Waals surface area contributed by atoms with E-state index in [0.29, 0.717) is 13.0 Å². The van der Waals surface area contributed by atoms with Crippen molar-refractivity contribution in [3.8, 4) is 0 Å². The monoisotopic (exact) mass is 248 g/mol. The fourth-order valence-electron chi connectivity index (χ4n) is 1.99. The lowest BCUT2D eigenvalue weighted by atomic mass is 10.0. The Morgan fingerprint density at radius 1 is 1.44 bits per heavy atom. The van der Waals surface area contributed by atoms with Gasteiger partial charge in [-0.1, -0.05) is 6.92 Å². The molecule has 1 amide bonds. The zero-order valence-electron chi connectivity index (χ0n) is 9.90. The van der Waals surface area contributed by atoms with E-state index >= 15 is 0 Å². The molecule has 0 saturated carbocycles. The molecule has 0 aromatic rings. The Bertz CT molecular complexity index is 340. The van der Waals surface area contributed by atoms with Crippen LogP contribution in [0.1, 0.15) is 32.6 Å². The molecule has 0 aromatic carbocycles. The van der Waals surface area contributed by atoms with E-state index in [9.17, 15) is 13.2 Å². The molecular weight excluding hydrogens is 228 g/mol. The van der Waals surface area contributed by atoms with Crippen LogP contribution in [0.15, 0.2) is 0 Å². The summed E-state index contributed by atoms with van der Waals surface area (Å²) < 4.78 is 24.5. The summed E-state index contributed by atoms with van der Waals surface area (Å²) in [4.78, 5) is 13.5. The van der Waals surface area contributed by atoms with E-state index in [1.807, 2.05) is 11.8 Å². The van der Waals surface area contributed by atoms with Crippen LogP contribution < -0.4 is 4.72 Å². The normalized spacial score (nSPS) is 22.1. The Morgan fingerprint density at radius 2 is 2.12 bits per heavy atom. The number of hydrogen-bond acceptors (Lipinski definition) is 3. The maximum atomic E-state index is 11.7. The highest BCUT2D eigenvalue weighted by atomic mass is 32.2. The van der Waals surface area contributed by atoms with Crippen LogP contribution in [0.3, 0.4) is 0 Å². The highest BCUT2D eigenvalue weighted by Gasteiger charge is 2.25. The van der Waals surface area contributed by atoms with Gasteiger partial charge in [0.1, 0.15) is 0 Å². The Kier molecular flexibility index (Phi) is 4.73. The summed E-state index contributed by atoms with van der Waals surface area (Å²) in [7, 11) is -3.17. The van der Waals surface area contributed by atoms with Crippen molar-refractivity contribution in [2.24, 2.45) is 0 Å². The molecule has 16 heavy (non-hydrogen) atoms. The largest absolute Gasteiger partial charge is 0.338 e. The minimum absolute atomic E-state index is 0.0240. The Balaban J connectivity index is 2.57. The van der Waals surface area contributed by atoms with E-state index in [1.54, 1.807) is 0 Å². The van der Waals surface area contributed by atoms with E-state index in [1.165, 1.54) is 0 Å². The molecule has 1 aliphatic heterocycles. The van der Waals surface area contributed by atoms with Crippen LogP contribution >= 0.6 is 0 Å². The first-order valence-electron chi connectivity index (χ1n) is 5.68. The zero-order chi connectivity index (χ0) is 12.2. The van der Waals surface area contributed by atoms with E-state index in [0.717, 1.165) is 32.1 Å². The van der Waals surface area contributed by atoms with Gasteiger partial charge in [-0.2, -0.15) is 0 Å². The van der Waals surface area contributed by atoms with Gasteiger partial charge in [0.25, 0.3) is 0 Å². The van der Waals surface area contributed by atoms with Crippen molar-refractivity contribution >= 4 is 15.9 Å². The lowest BCUT2D eigenvalue weighted by Crippen LogP contribution is -2.49. The maximum absolute atomic E-state index is 11.7. The van der Waals surface area contributed by atoms with Gasteiger partial charge < -0.3 is 4.90 Å². The fourth-order valence-corrected chi connectivity index (χ4v) is 2.49. The van der Waals surface area contributed by atoms with E-state index in [4.69, 9.17) is 0 Å². The molecule has 94 valence electrons. The van der Waals surface area contributed by atoms with Crippen LogP contribution in [-0.2, 0) is 14.8 Å². The molecule has 1 aliphatic rings. The van der Waals surface area contributed by atoms with Gasteiger partial charge in [-0.3, -0.25) is 4.79 Å². The maximum Gasteiger partial charge on any atom is 0.222 e. The first-order valence-corrected chi connectivity index (χ1v) is 7.57. The first-order chi connectivity index (χ1) is 7.44. The molecule has 0 aliphatic carbocycles. The molecule has 0 unspecified atom stereocenters. The lowest BCUT2D eigenvalue weighted by Gasteiger charge is -2.35. The number of carbonyl (C=O) groups excluding carboxylic acids is 1. The number of rotatable bonds is 4. The molecule has 0 bridgehead atoms. The van der Waals surface area contributed by atoms with Crippen LogP contribution in [0.4, 0.5) is 0 Å². The second-order valence-corrected chi connectivity index (χ2v) is 6.04. The van der Waals surface area contributed by atoms with E-state index in [-0.39, 0.29) is 11.9 Å². The van der Waals surface area contributed by atoms with Crippen LogP contribution in [-0.4, -0.2) is 44.6 Å². The molecule has 1 atom stereocenters. The predicted molar refractivity (Wildman–Crippen MR) is 62.5 cm³/mol. The molecular formula is C10H20N2O3S. The minimum atomic E-state index is -3.17. The fraction of sp³-hybridized carbons (Fsp3) is 0.900. The average Bonchev–Trinajstić information content (AvgIpc) is 2.25. The standard InChI is InChI=1S/C10H20N2O3S/c1-3-10(13)12-7-5-4-6-9(12)8-11-16(2,14)15/h9,11H,3-8H2,1-2H3/t9-/m0/s1. The smallest absolute Gasteiger partial charge is 0.222 e. The molecule has 0 radical (unpaired) electrons. The van der Waals surface area contributed by atoms with Crippen molar-refractivity contribution < 1.29 is 13.2 Å². The third-order valence-corrected chi connectivity index (χ3v) is 3.52. The summed E-state index contributed by atoms with van der Waals surface area (Å²) in [5.74, 6) is 0.111. The minimum Gasteiger partial charge on any atom is -0.338 e.